The van der Waals surface area contributed by atoms with Crippen LogP contribution >= 0.6 is 0 Å². The average molecular weight is 355 g/mol. The third-order valence-corrected chi connectivity index (χ3v) is 4.08. The van der Waals surface area contributed by atoms with E-state index in [4.69, 9.17) is 14.0 Å². The smallest absolute Gasteiger partial charge is 0.273 e. The summed E-state index contributed by atoms with van der Waals surface area (Å²) in [4.78, 5) is 16.2. The van der Waals surface area contributed by atoms with Crippen molar-refractivity contribution in [2.24, 2.45) is 0 Å². The van der Waals surface area contributed by atoms with Gasteiger partial charge in [-0.05, 0) is 18.6 Å². The van der Waals surface area contributed by atoms with Gasteiger partial charge in [0, 0.05) is 42.9 Å². The maximum Gasteiger partial charge on any atom is 0.273 e. The van der Waals surface area contributed by atoms with Crippen LogP contribution < -0.4 is 10.1 Å². The van der Waals surface area contributed by atoms with Gasteiger partial charge in [-0.2, -0.15) is 0 Å². The fourth-order valence-electron chi connectivity index (χ4n) is 2.55. The first-order valence-corrected chi connectivity index (χ1v) is 8.43. The number of pyridine rings is 1. The molecule has 7 heteroatoms. The van der Waals surface area contributed by atoms with Crippen molar-refractivity contribution in [1.29, 1.82) is 0 Å². The lowest BCUT2D eigenvalue weighted by Crippen LogP contribution is -2.32. The zero-order chi connectivity index (χ0) is 18.4. The van der Waals surface area contributed by atoms with Gasteiger partial charge in [-0.15, -0.1) is 0 Å². The van der Waals surface area contributed by atoms with Gasteiger partial charge in [-0.3, -0.25) is 9.78 Å². The normalized spacial score (nSPS) is 12.1. The highest BCUT2D eigenvalue weighted by Gasteiger charge is 2.15. The first-order chi connectivity index (χ1) is 12.7. The van der Waals surface area contributed by atoms with Crippen LogP contribution in [-0.2, 0) is 11.3 Å². The van der Waals surface area contributed by atoms with Gasteiger partial charge >= 0.3 is 0 Å². The first-order valence-electron chi connectivity index (χ1n) is 8.43. The van der Waals surface area contributed by atoms with Crippen LogP contribution in [0.2, 0.25) is 0 Å². The first kappa shape index (κ1) is 17.9. The molecule has 2 aromatic heterocycles. The van der Waals surface area contributed by atoms with Crippen LogP contribution in [0.15, 0.2) is 47.2 Å². The molecule has 3 aromatic rings. The van der Waals surface area contributed by atoms with Gasteiger partial charge in [0.2, 0.25) is 0 Å². The van der Waals surface area contributed by atoms with Crippen LogP contribution in [0.25, 0.3) is 10.8 Å². The molecule has 1 atom stereocenters. The maximum absolute atomic E-state index is 12.1. The highest BCUT2D eigenvalue weighted by Crippen LogP contribution is 2.25. The van der Waals surface area contributed by atoms with Crippen molar-refractivity contribution in [3.8, 4) is 5.75 Å². The summed E-state index contributed by atoms with van der Waals surface area (Å²) in [7, 11) is 1.62. The van der Waals surface area contributed by atoms with Gasteiger partial charge in [0.15, 0.2) is 11.5 Å². The molecule has 0 aliphatic rings. The lowest BCUT2D eigenvalue weighted by molar-refractivity contribution is 0.0809. The molecule has 0 saturated carbocycles. The fraction of sp³-hybridized carbons (Fsp3) is 0.316. The second kappa shape index (κ2) is 8.44. The predicted octanol–water partition coefficient (Wildman–Crippen LogP) is 2.96. The number of rotatable bonds is 8. The fourth-order valence-corrected chi connectivity index (χ4v) is 2.55. The van der Waals surface area contributed by atoms with Crippen LogP contribution in [-0.4, -0.2) is 35.8 Å². The molecule has 0 spiro atoms. The number of nitrogens with zero attached hydrogens (tertiary/aromatic N) is 2. The zero-order valence-electron chi connectivity index (χ0n) is 14.8. The van der Waals surface area contributed by atoms with E-state index in [2.05, 4.69) is 15.5 Å². The number of hydrogen-bond donors (Lipinski definition) is 1. The SMILES string of the molecule is CCC(CNC(=O)c1cc(COc2cccc3cnccc23)on1)OC. The summed E-state index contributed by atoms with van der Waals surface area (Å²) in [6, 6.07) is 9.22. The molecule has 0 bridgehead atoms. The van der Waals surface area contributed by atoms with Crippen molar-refractivity contribution in [1.82, 2.24) is 15.5 Å². The summed E-state index contributed by atoms with van der Waals surface area (Å²) >= 11 is 0. The average Bonchev–Trinajstić information content (AvgIpc) is 3.16. The van der Waals surface area contributed by atoms with Gasteiger partial charge in [-0.25, -0.2) is 0 Å². The van der Waals surface area contributed by atoms with Crippen LogP contribution in [0.1, 0.15) is 29.6 Å². The number of nitrogens with one attached hydrogen (secondary N) is 1. The van der Waals surface area contributed by atoms with Gasteiger partial charge in [0.1, 0.15) is 12.4 Å². The van der Waals surface area contributed by atoms with Crippen molar-refractivity contribution >= 4 is 16.7 Å². The van der Waals surface area contributed by atoms with Crippen molar-refractivity contribution in [2.75, 3.05) is 13.7 Å². The third-order valence-electron chi connectivity index (χ3n) is 4.08. The number of aromatic nitrogens is 2. The van der Waals surface area contributed by atoms with E-state index in [1.54, 1.807) is 25.6 Å². The second-order valence-electron chi connectivity index (χ2n) is 5.80. The molecule has 0 fully saturated rings. The molecular weight excluding hydrogens is 334 g/mol. The second-order valence-corrected chi connectivity index (χ2v) is 5.80. The van der Waals surface area contributed by atoms with Gasteiger partial charge in [0.25, 0.3) is 5.91 Å². The standard InChI is InChI=1S/C19H21N3O4/c1-3-14(24-2)11-21-19(23)17-9-15(26-22-17)12-25-18-6-4-5-13-10-20-8-7-16(13)18/h4-10,14H,3,11-12H2,1-2H3,(H,21,23). The minimum Gasteiger partial charge on any atom is -0.485 e. The number of ether oxygens (including phenoxy) is 2. The Morgan fingerprint density at radius 1 is 1.35 bits per heavy atom. The van der Waals surface area contributed by atoms with E-state index in [1.807, 2.05) is 31.2 Å². The predicted molar refractivity (Wildman–Crippen MR) is 96.0 cm³/mol. The molecule has 2 heterocycles. The molecule has 7 nitrogen and oxygen atoms in total. The number of carbonyl (C=O) groups is 1. The van der Waals surface area contributed by atoms with Gasteiger partial charge in [-0.1, -0.05) is 24.2 Å². The molecule has 3 rings (SSSR count). The molecule has 1 unspecified atom stereocenters. The molecule has 1 aromatic carbocycles. The number of methoxy groups -OCH3 is 1. The van der Waals surface area contributed by atoms with E-state index in [0.29, 0.717) is 12.3 Å². The van der Waals surface area contributed by atoms with Gasteiger partial charge in [0.05, 0.1) is 6.10 Å². The molecule has 1 amide bonds. The van der Waals surface area contributed by atoms with Gasteiger partial charge < -0.3 is 19.3 Å². The Hall–Kier alpha value is -2.93. The van der Waals surface area contributed by atoms with Crippen molar-refractivity contribution in [2.45, 2.75) is 26.1 Å². The summed E-state index contributed by atoms with van der Waals surface area (Å²) in [5, 5.41) is 8.54. The van der Waals surface area contributed by atoms with Crippen LogP contribution in [0.5, 0.6) is 5.75 Å². The molecule has 136 valence electrons. The Morgan fingerprint density at radius 3 is 3.04 bits per heavy atom. The molecule has 0 aliphatic carbocycles. The quantitative estimate of drug-likeness (QED) is 0.668. The van der Waals surface area contributed by atoms with Crippen LogP contribution in [0.4, 0.5) is 0 Å². The molecule has 1 N–H and O–H groups in total. The van der Waals surface area contributed by atoms with E-state index in [-0.39, 0.29) is 24.3 Å². The Labute approximate surface area is 151 Å². The maximum atomic E-state index is 12.1. The number of fused-ring (bicyclic) bond motifs is 1. The number of benzene rings is 1. The Balaban J connectivity index is 1.61. The number of amides is 1. The van der Waals surface area contributed by atoms with Crippen LogP contribution in [0, 0.1) is 0 Å². The summed E-state index contributed by atoms with van der Waals surface area (Å²) in [6.07, 6.45) is 4.29. The highest BCUT2D eigenvalue weighted by molar-refractivity contribution is 5.92. The summed E-state index contributed by atoms with van der Waals surface area (Å²) in [5.41, 5.74) is 0.219. The minimum atomic E-state index is -0.299. The van der Waals surface area contributed by atoms with Crippen LogP contribution in [0.3, 0.4) is 0 Å². The third kappa shape index (κ3) is 4.18. The molecule has 0 saturated heterocycles. The highest BCUT2D eigenvalue weighted by atomic mass is 16.5. The molecular formula is C19H21N3O4. The number of hydrogen-bond acceptors (Lipinski definition) is 6. The molecule has 0 radical (unpaired) electrons. The summed E-state index contributed by atoms with van der Waals surface area (Å²) in [6.45, 7) is 2.60. The van der Waals surface area contributed by atoms with Crippen molar-refractivity contribution in [3.05, 3.63) is 54.2 Å². The van der Waals surface area contributed by atoms with Crippen molar-refractivity contribution in [3.63, 3.8) is 0 Å². The summed E-state index contributed by atoms with van der Waals surface area (Å²) in [5.74, 6) is 0.893. The van der Waals surface area contributed by atoms with Crippen molar-refractivity contribution < 1.29 is 18.8 Å². The zero-order valence-corrected chi connectivity index (χ0v) is 14.8. The number of carbonyl (C=O) groups excluding carboxylic acids is 1. The summed E-state index contributed by atoms with van der Waals surface area (Å²) < 4.78 is 16.2. The van der Waals surface area contributed by atoms with E-state index in [1.165, 1.54) is 0 Å². The lowest BCUT2D eigenvalue weighted by Gasteiger charge is -2.12. The van der Waals surface area contributed by atoms with E-state index in [0.717, 1.165) is 22.9 Å². The lowest BCUT2D eigenvalue weighted by atomic mass is 10.1. The monoisotopic (exact) mass is 355 g/mol. The Kier molecular flexibility index (Phi) is 5.80. The Morgan fingerprint density at radius 2 is 2.23 bits per heavy atom. The van der Waals surface area contributed by atoms with E-state index in [9.17, 15) is 4.79 Å². The minimum absolute atomic E-state index is 0.0190. The van der Waals surface area contributed by atoms with E-state index < -0.39 is 0 Å². The largest absolute Gasteiger partial charge is 0.485 e. The topological polar surface area (TPSA) is 86.5 Å². The van der Waals surface area contributed by atoms with E-state index >= 15 is 0 Å². The molecule has 0 aliphatic heterocycles. The molecule has 26 heavy (non-hydrogen) atoms. The Bertz CT molecular complexity index is 869.